The highest BCUT2D eigenvalue weighted by Crippen LogP contribution is 2.30. The molecule has 2 heteroatoms. The molecule has 0 bridgehead atoms. The molecule has 2 aliphatic rings. The fraction of sp³-hybridized carbons (Fsp3) is 0.667. The summed E-state index contributed by atoms with van der Waals surface area (Å²) in [5.41, 5.74) is 5.09. The highest BCUT2D eigenvalue weighted by molar-refractivity contribution is 5.33. The first-order valence-electron chi connectivity index (χ1n) is 8.16. The number of rotatable bonds is 2. The number of nitrogens with zero attached hydrogens (tertiary/aromatic N) is 1. The Morgan fingerprint density at radius 1 is 1.15 bits per heavy atom. The van der Waals surface area contributed by atoms with Crippen LogP contribution in [0.2, 0.25) is 0 Å². The quantitative estimate of drug-likeness (QED) is 0.888. The zero-order chi connectivity index (χ0) is 14.0. The Bertz CT molecular complexity index is 464. The summed E-state index contributed by atoms with van der Waals surface area (Å²) in [6.45, 7) is 10.7. The first-order valence-corrected chi connectivity index (χ1v) is 8.16. The van der Waals surface area contributed by atoms with Crippen LogP contribution >= 0.6 is 0 Å². The van der Waals surface area contributed by atoms with Crippen molar-refractivity contribution >= 4 is 0 Å². The van der Waals surface area contributed by atoms with E-state index in [1.165, 1.54) is 49.9 Å². The number of likely N-dealkylation sites (tertiary alicyclic amines) is 1. The molecule has 0 amide bonds. The van der Waals surface area contributed by atoms with Gasteiger partial charge in [0, 0.05) is 13.1 Å². The van der Waals surface area contributed by atoms with Crippen LogP contribution in [0.25, 0.3) is 0 Å². The van der Waals surface area contributed by atoms with Crippen LogP contribution in [0.1, 0.15) is 49.8 Å². The van der Waals surface area contributed by atoms with Gasteiger partial charge in [0.1, 0.15) is 0 Å². The van der Waals surface area contributed by atoms with E-state index in [0.29, 0.717) is 5.41 Å². The lowest BCUT2D eigenvalue weighted by Gasteiger charge is -2.24. The minimum Gasteiger partial charge on any atom is -0.312 e. The van der Waals surface area contributed by atoms with Gasteiger partial charge in [-0.05, 0) is 67.4 Å². The van der Waals surface area contributed by atoms with Crippen LogP contribution in [-0.4, -0.2) is 24.5 Å². The lowest BCUT2D eigenvalue weighted by Crippen LogP contribution is -2.26. The van der Waals surface area contributed by atoms with Crippen molar-refractivity contribution in [2.45, 2.75) is 52.6 Å². The standard InChI is InChI=1S/C18H28N2/c1-18(2)7-3-10-20(11-8-18)14-15-4-5-16-6-9-19-13-17(16)12-15/h4-5,12,19H,3,6-11,13-14H2,1-2H3. The van der Waals surface area contributed by atoms with Gasteiger partial charge >= 0.3 is 0 Å². The molecular formula is C18H28N2. The lowest BCUT2D eigenvalue weighted by atomic mass is 9.85. The van der Waals surface area contributed by atoms with Gasteiger partial charge in [0.15, 0.2) is 0 Å². The third-order valence-corrected chi connectivity index (χ3v) is 5.00. The summed E-state index contributed by atoms with van der Waals surface area (Å²) in [6, 6.07) is 7.13. The van der Waals surface area contributed by atoms with Crippen LogP contribution in [0.15, 0.2) is 18.2 Å². The molecule has 2 aliphatic heterocycles. The van der Waals surface area contributed by atoms with E-state index in [0.717, 1.165) is 19.6 Å². The van der Waals surface area contributed by atoms with Gasteiger partial charge in [-0.1, -0.05) is 32.0 Å². The van der Waals surface area contributed by atoms with E-state index in [9.17, 15) is 0 Å². The summed E-state index contributed by atoms with van der Waals surface area (Å²) in [4.78, 5) is 2.65. The Morgan fingerprint density at radius 3 is 2.95 bits per heavy atom. The highest BCUT2D eigenvalue weighted by Gasteiger charge is 2.23. The average Bonchev–Trinajstić information content (AvgIpc) is 2.60. The van der Waals surface area contributed by atoms with Crippen molar-refractivity contribution in [1.29, 1.82) is 0 Å². The topological polar surface area (TPSA) is 15.3 Å². The third kappa shape index (κ3) is 3.42. The van der Waals surface area contributed by atoms with E-state index in [4.69, 9.17) is 0 Å². The SMILES string of the molecule is CC1(C)CCCN(Cc2ccc3c(c2)CNCC3)CC1. The van der Waals surface area contributed by atoms with Gasteiger partial charge in [0.25, 0.3) is 0 Å². The molecule has 0 atom stereocenters. The van der Waals surface area contributed by atoms with Gasteiger partial charge in [-0.15, -0.1) is 0 Å². The number of benzene rings is 1. The second kappa shape index (κ2) is 5.87. The fourth-order valence-corrected chi connectivity index (χ4v) is 3.53. The van der Waals surface area contributed by atoms with Crippen LogP contribution in [-0.2, 0) is 19.5 Å². The molecule has 0 aromatic heterocycles. The Kier molecular flexibility index (Phi) is 4.13. The summed E-state index contributed by atoms with van der Waals surface area (Å²) in [5, 5.41) is 3.48. The normalized spacial score (nSPS) is 23.1. The second-order valence-electron chi connectivity index (χ2n) is 7.32. The molecule has 0 radical (unpaired) electrons. The number of fused-ring (bicyclic) bond motifs is 1. The summed E-state index contributed by atoms with van der Waals surface area (Å²) < 4.78 is 0. The Hall–Kier alpha value is -0.860. The minimum atomic E-state index is 0.536. The van der Waals surface area contributed by atoms with Crippen molar-refractivity contribution in [3.05, 3.63) is 34.9 Å². The lowest BCUT2D eigenvalue weighted by molar-refractivity contribution is 0.256. The molecule has 1 saturated heterocycles. The molecule has 1 N–H and O–H groups in total. The molecule has 20 heavy (non-hydrogen) atoms. The van der Waals surface area contributed by atoms with Gasteiger partial charge in [-0.25, -0.2) is 0 Å². The van der Waals surface area contributed by atoms with Crippen molar-refractivity contribution in [3.8, 4) is 0 Å². The molecule has 0 saturated carbocycles. The Balaban J connectivity index is 1.65. The fourth-order valence-electron chi connectivity index (χ4n) is 3.53. The summed E-state index contributed by atoms with van der Waals surface area (Å²) in [6.07, 6.45) is 5.24. The first kappa shape index (κ1) is 14.1. The number of nitrogens with one attached hydrogen (secondary N) is 1. The predicted octanol–water partition coefficient (Wildman–Crippen LogP) is 3.34. The van der Waals surface area contributed by atoms with Gasteiger partial charge in [0.2, 0.25) is 0 Å². The van der Waals surface area contributed by atoms with Crippen LogP contribution in [0, 0.1) is 5.41 Å². The van der Waals surface area contributed by atoms with E-state index in [-0.39, 0.29) is 0 Å². The zero-order valence-corrected chi connectivity index (χ0v) is 13.0. The van der Waals surface area contributed by atoms with Crippen molar-refractivity contribution in [1.82, 2.24) is 10.2 Å². The van der Waals surface area contributed by atoms with E-state index >= 15 is 0 Å². The van der Waals surface area contributed by atoms with Gasteiger partial charge < -0.3 is 5.32 Å². The average molecular weight is 272 g/mol. The summed E-state index contributed by atoms with van der Waals surface area (Å²) in [7, 11) is 0. The molecule has 2 nitrogen and oxygen atoms in total. The molecule has 2 heterocycles. The highest BCUT2D eigenvalue weighted by atomic mass is 15.1. The zero-order valence-electron chi connectivity index (χ0n) is 13.0. The molecule has 0 aliphatic carbocycles. The molecule has 0 spiro atoms. The van der Waals surface area contributed by atoms with Gasteiger partial charge in [-0.3, -0.25) is 4.90 Å². The van der Waals surface area contributed by atoms with Gasteiger partial charge in [-0.2, -0.15) is 0 Å². The van der Waals surface area contributed by atoms with Crippen molar-refractivity contribution in [2.75, 3.05) is 19.6 Å². The molecule has 1 fully saturated rings. The molecule has 3 rings (SSSR count). The van der Waals surface area contributed by atoms with E-state index < -0.39 is 0 Å². The van der Waals surface area contributed by atoms with Crippen LogP contribution < -0.4 is 5.32 Å². The van der Waals surface area contributed by atoms with Crippen molar-refractivity contribution in [3.63, 3.8) is 0 Å². The van der Waals surface area contributed by atoms with Crippen molar-refractivity contribution in [2.24, 2.45) is 5.41 Å². The first-order chi connectivity index (χ1) is 9.62. The largest absolute Gasteiger partial charge is 0.312 e. The van der Waals surface area contributed by atoms with E-state index in [2.05, 4.69) is 42.3 Å². The smallest absolute Gasteiger partial charge is 0.0233 e. The summed E-state index contributed by atoms with van der Waals surface area (Å²) in [5.74, 6) is 0. The monoisotopic (exact) mass is 272 g/mol. The van der Waals surface area contributed by atoms with Crippen LogP contribution in [0.5, 0.6) is 0 Å². The molecular weight excluding hydrogens is 244 g/mol. The maximum absolute atomic E-state index is 3.48. The maximum atomic E-state index is 3.48. The number of hydrogen-bond donors (Lipinski definition) is 1. The maximum Gasteiger partial charge on any atom is 0.0233 e. The van der Waals surface area contributed by atoms with E-state index in [1.54, 1.807) is 5.56 Å². The summed E-state index contributed by atoms with van der Waals surface area (Å²) >= 11 is 0. The molecule has 0 unspecified atom stereocenters. The predicted molar refractivity (Wildman–Crippen MR) is 84.8 cm³/mol. The minimum absolute atomic E-state index is 0.536. The Labute approximate surface area is 123 Å². The van der Waals surface area contributed by atoms with Gasteiger partial charge in [0.05, 0.1) is 0 Å². The second-order valence-corrected chi connectivity index (χ2v) is 7.32. The molecule has 1 aromatic carbocycles. The number of hydrogen-bond acceptors (Lipinski definition) is 2. The van der Waals surface area contributed by atoms with E-state index in [1.807, 2.05) is 0 Å². The molecule has 1 aromatic rings. The van der Waals surface area contributed by atoms with Crippen molar-refractivity contribution < 1.29 is 0 Å². The Morgan fingerprint density at radius 2 is 2.05 bits per heavy atom. The van der Waals surface area contributed by atoms with Crippen LogP contribution in [0.3, 0.4) is 0 Å². The van der Waals surface area contributed by atoms with Crippen LogP contribution in [0.4, 0.5) is 0 Å². The third-order valence-electron chi connectivity index (χ3n) is 5.00. The molecule has 110 valence electrons.